The van der Waals surface area contributed by atoms with Crippen LogP contribution in [0.4, 0.5) is 0 Å². The van der Waals surface area contributed by atoms with Crippen molar-refractivity contribution < 1.29 is 0 Å². The minimum absolute atomic E-state index is 0.519. The number of hydrogen-bond donors (Lipinski definition) is 1. The number of halogens is 1. The van der Waals surface area contributed by atoms with Gasteiger partial charge in [-0.15, -0.1) is 0 Å². The molecule has 1 aromatic carbocycles. The van der Waals surface area contributed by atoms with Crippen LogP contribution in [0.15, 0.2) is 22.9 Å². The number of nitrogens with zero attached hydrogens (tertiary/aromatic N) is 2. The van der Waals surface area contributed by atoms with Gasteiger partial charge in [-0.1, -0.05) is 6.07 Å². The summed E-state index contributed by atoms with van der Waals surface area (Å²) in [5.74, 6) is 0. The van der Waals surface area contributed by atoms with Crippen molar-refractivity contribution in [1.29, 1.82) is 0 Å². The fourth-order valence-electron chi connectivity index (χ4n) is 2.58. The molecule has 0 aliphatic carbocycles. The van der Waals surface area contributed by atoms with E-state index in [9.17, 15) is 0 Å². The summed E-state index contributed by atoms with van der Waals surface area (Å²) in [7, 11) is 0. The summed E-state index contributed by atoms with van der Waals surface area (Å²) in [6.07, 6.45) is 2.47. The Bertz CT molecular complexity index is 541. The Labute approximate surface area is 109 Å². The van der Waals surface area contributed by atoms with Crippen molar-refractivity contribution in [2.24, 2.45) is 0 Å². The van der Waals surface area contributed by atoms with E-state index in [-0.39, 0.29) is 0 Å². The molecular weight excluding hydrogens is 278 g/mol. The Morgan fingerprint density at radius 1 is 1.47 bits per heavy atom. The van der Waals surface area contributed by atoms with Crippen LogP contribution in [0.2, 0.25) is 0 Å². The maximum Gasteiger partial charge on any atom is 0.178 e. The van der Waals surface area contributed by atoms with E-state index < -0.39 is 0 Å². The Kier molecular flexibility index (Phi) is 2.92. The molecule has 1 aliphatic rings. The fraction of sp³-hybridized carbons (Fsp3) is 0.462. The second kappa shape index (κ2) is 4.42. The molecule has 1 saturated heterocycles. The zero-order valence-electron chi connectivity index (χ0n) is 9.91. The van der Waals surface area contributed by atoms with Gasteiger partial charge in [0, 0.05) is 12.6 Å². The van der Waals surface area contributed by atoms with Gasteiger partial charge in [-0.3, -0.25) is 0 Å². The number of rotatable bonds is 1. The van der Waals surface area contributed by atoms with Crippen LogP contribution in [0.1, 0.15) is 24.4 Å². The number of fused-ring (bicyclic) bond motifs is 1. The number of nitrogens with one attached hydrogen (secondary N) is 1. The normalized spacial score (nSPS) is 20.9. The van der Waals surface area contributed by atoms with Crippen molar-refractivity contribution in [1.82, 2.24) is 14.9 Å². The summed E-state index contributed by atoms with van der Waals surface area (Å²) in [5, 5.41) is 3.46. The van der Waals surface area contributed by atoms with Crippen molar-refractivity contribution in [2.45, 2.75) is 25.8 Å². The molecule has 1 fully saturated rings. The van der Waals surface area contributed by atoms with E-state index in [0.29, 0.717) is 6.04 Å². The highest BCUT2D eigenvalue weighted by atomic mass is 79.9. The molecule has 1 aromatic heterocycles. The molecule has 17 heavy (non-hydrogen) atoms. The predicted molar refractivity (Wildman–Crippen MR) is 73.3 cm³/mol. The Balaban J connectivity index is 2.11. The SMILES string of the molecule is Cc1ccc2c(c1)nc(Br)n2C1CCCNC1. The third kappa shape index (κ3) is 2.00. The van der Waals surface area contributed by atoms with Gasteiger partial charge in [0.15, 0.2) is 4.73 Å². The molecule has 0 spiro atoms. The highest BCUT2D eigenvalue weighted by molar-refractivity contribution is 9.10. The van der Waals surface area contributed by atoms with E-state index in [2.05, 4.69) is 55.9 Å². The summed E-state index contributed by atoms with van der Waals surface area (Å²) in [6, 6.07) is 7.00. The highest BCUT2D eigenvalue weighted by Gasteiger charge is 2.19. The van der Waals surface area contributed by atoms with Gasteiger partial charge in [-0.05, 0) is 59.9 Å². The predicted octanol–water partition coefficient (Wildman–Crippen LogP) is 3.03. The standard InChI is InChI=1S/C13H16BrN3/c1-9-4-5-12-11(7-9)16-13(14)17(12)10-3-2-6-15-8-10/h4-5,7,10,15H,2-3,6,8H2,1H3. The Morgan fingerprint density at radius 3 is 3.12 bits per heavy atom. The zero-order valence-corrected chi connectivity index (χ0v) is 11.5. The number of aryl methyl sites for hydroxylation is 1. The lowest BCUT2D eigenvalue weighted by atomic mass is 10.1. The van der Waals surface area contributed by atoms with Crippen LogP contribution in [-0.4, -0.2) is 22.6 Å². The van der Waals surface area contributed by atoms with Crippen LogP contribution >= 0.6 is 15.9 Å². The second-order valence-electron chi connectivity index (χ2n) is 4.74. The van der Waals surface area contributed by atoms with Crippen LogP contribution in [0.5, 0.6) is 0 Å². The molecule has 2 aromatic rings. The molecule has 90 valence electrons. The Hall–Kier alpha value is -0.870. The first kappa shape index (κ1) is 11.2. The number of hydrogen-bond acceptors (Lipinski definition) is 2. The summed E-state index contributed by atoms with van der Waals surface area (Å²) in [6.45, 7) is 4.28. The van der Waals surface area contributed by atoms with Gasteiger partial charge < -0.3 is 9.88 Å². The topological polar surface area (TPSA) is 29.9 Å². The number of benzene rings is 1. The lowest BCUT2D eigenvalue weighted by molar-refractivity contribution is 0.374. The first-order valence-electron chi connectivity index (χ1n) is 6.10. The summed E-state index contributed by atoms with van der Waals surface area (Å²) < 4.78 is 3.27. The van der Waals surface area contributed by atoms with E-state index in [0.717, 1.165) is 23.3 Å². The molecule has 0 saturated carbocycles. The fourth-order valence-corrected chi connectivity index (χ4v) is 3.25. The minimum Gasteiger partial charge on any atom is -0.315 e. The quantitative estimate of drug-likeness (QED) is 0.876. The van der Waals surface area contributed by atoms with Crippen LogP contribution < -0.4 is 5.32 Å². The molecule has 4 heteroatoms. The first-order valence-corrected chi connectivity index (χ1v) is 6.90. The van der Waals surface area contributed by atoms with Gasteiger partial charge in [-0.2, -0.15) is 0 Å². The first-order chi connectivity index (χ1) is 8.25. The Morgan fingerprint density at radius 2 is 2.35 bits per heavy atom. The van der Waals surface area contributed by atoms with E-state index in [1.54, 1.807) is 0 Å². The number of piperidine rings is 1. The molecule has 2 heterocycles. The van der Waals surface area contributed by atoms with Gasteiger partial charge in [0.1, 0.15) is 0 Å². The maximum atomic E-state index is 4.60. The van der Waals surface area contributed by atoms with Gasteiger partial charge in [-0.25, -0.2) is 4.98 Å². The molecule has 1 atom stereocenters. The summed E-state index contributed by atoms with van der Waals surface area (Å²) in [5.41, 5.74) is 3.58. The molecule has 0 bridgehead atoms. The zero-order chi connectivity index (χ0) is 11.8. The number of imidazole rings is 1. The third-order valence-corrected chi connectivity index (χ3v) is 4.00. The van der Waals surface area contributed by atoms with Gasteiger partial charge in [0.05, 0.1) is 11.0 Å². The van der Waals surface area contributed by atoms with E-state index in [1.165, 1.54) is 23.9 Å². The third-order valence-electron chi connectivity index (χ3n) is 3.44. The van der Waals surface area contributed by atoms with Crippen molar-refractivity contribution >= 4 is 27.0 Å². The van der Waals surface area contributed by atoms with Gasteiger partial charge >= 0.3 is 0 Å². The lowest BCUT2D eigenvalue weighted by Crippen LogP contribution is -2.31. The average Bonchev–Trinajstić information content (AvgIpc) is 2.65. The van der Waals surface area contributed by atoms with E-state index in [1.807, 2.05) is 0 Å². The van der Waals surface area contributed by atoms with Crippen molar-refractivity contribution in [3.8, 4) is 0 Å². The van der Waals surface area contributed by atoms with Crippen molar-refractivity contribution in [3.05, 3.63) is 28.5 Å². The minimum atomic E-state index is 0.519. The maximum absolute atomic E-state index is 4.60. The van der Waals surface area contributed by atoms with E-state index >= 15 is 0 Å². The molecular formula is C13H16BrN3. The highest BCUT2D eigenvalue weighted by Crippen LogP contribution is 2.28. The molecule has 3 rings (SSSR count). The molecule has 1 unspecified atom stereocenters. The molecule has 0 radical (unpaired) electrons. The smallest absolute Gasteiger partial charge is 0.178 e. The summed E-state index contributed by atoms with van der Waals surface area (Å²) in [4.78, 5) is 4.60. The van der Waals surface area contributed by atoms with Gasteiger partial charge in [0.25, 0.3) is 0 Å². The second-order valence-corrected chi connectivity index (χ2v) is 5.45. The molecule has 1 aliphatic heterocycles. The molecule has 0 amide bonds. The van der Waals surface area contributed by atoms with Crippen LogP contribution in [0.3, 0.4) is 0 Å². The van der Waals surface area contributed by atoms with E-state index in [4.69, 9.17) is 0 Å². The van der Waals surface area contributed by atoms with Crippen molar-refractivity contribution in [2.75, 3.05) is 13.1 Å². The number of aromatic nitrogens is 2. The lowest BCUT2D eigenvalue weighted by Gasteiger charge is -2.25. The van der Waals surface area contributed by atoms with Crippen molar-refractivity contribution in [3.63, 3.8) is 0 Å². The van der Waals surface area contributed by atoms with Gasteiger partial charge in [0.2, 0.25) is 0 Å². The van der Waals surface area contributed by atoms with Crippen LogP contribution in [0.25, 0.3) is 11.0 Å². The monoisotopic (exact) mass is 293 g/mol. The molecule has 3 nitrogen and oxygen atoms in total. The summed E-state index contributed by atoms with van der Waals surface area (Å²) >= 11 is 3.59. The van der Waals surface area contributed by atoms with Crippen LogP contribution in [-0.2, 0) is 0 Å². The van der Waals surface area contributed by atoms with Crippen LogP contribution in [0, 0.1) is 6.92 Å². The largest absolute Gasteiger partial charge is 0.315 e. The average molecular weight is 294 g/mol. The molecule has 1 N–H and O–H groups in total.